The SMILES string of the molecule is Cc1cc(C2=NN=C(SCc3ccccn3)C2)c(C)o1. The maximum Gasteiger partial charge on any atom is 0.110 e. The van der Waals surface area contributed by atoms with Crippen LogP contribution in [0.1, 0.15) is 29.2 Å². The molecule has 0 saturated heterocycles. The molecule has 3 heterocycles. The van der Waals surface area contributed by atoms with E-state index < -0.39 is 0 Å². The molecule has 0 radical (unpaired) electrons. The fourth-order valence-corrected chi connectivity index (χ4v) is 2.94. The molecule has 1 aliphatic heterocycles. The number of hydrogen-bond acceptors (Lipinski definition) is 5. The van der Waals surface area contributed by atoms with Crippen LogP contribution in [0.4, 0.5) is 0 Å². The predicted molar refractivity (Wildman–Crippen MR) is 82.3 cm³/mol. The van der Waals surface area contributed by atoms with Crippen molar-refractivity contribution >= 4 is 22.5 Å². The fraction of sp³-hybridized carbons (Fsp3) is 0.267. The Morgan fingerprint density at radius 3 is 2.85 bits per heavy atom. The van der Waals surface area contributed by atoms with E-state index in [1.165, 1.54) is 0 Å². The van der Waals surface area contributed by atoms with Gasteiger partial charge in [-0.2, -0.15) is 5.10 Å². The summed E-state index contributed by atoms with van der Waals surface area (Å²) in [6, 6.07) is 7.97. The maximum atomic E-state index is 5.54. The van der Waals surface area contributed by atoms with Crippen LogP contribution in [0, 0.1) is 13.8 Å². The van der Waals surface area contributed by atoms with Gasteiger partial charge in [0.1, 0.15) is 16.6 Å². The number of pyridine rings is 1. The summed E-state index contributed by atoms with van der Waals surface area (Å²) >= 11 is 1.69. The van der Waals surface area contributed by atoms with E-state index in [-0.39, 0.29) is 0 Å². The van der Waals surface area contributed by atoms with Gasteiger partial charge in [-0.1, -0.05) is 6.07 Å². The van der Waals surface area contributed by atoms with Crippen molar-refractivity contribution in [2.45, 2.75) is 26.0 Å². The van der Waals surface area contributed by atoms with E-state index in [0.717, 1.165) is 45.7 Å². The highest BCUT2D eigenvalue weighted by atomic mass is 32.2. The molecule has 3 rings (SSSR count). The summed E-state index contributed by atoms with van der Waals surface area (Å²) in [6.07, 6.45) is 2.59. The zero-order chi connectivity index (χ0) is 13.9. The molecule has 0 spiro atoms. The molecular weight excluding hydrogens is 270 g/mol. The minimum Gasteiger partial charge on any atom is -0.466 e. The molecular formula is C15H15N3OS. The summed E-state index contributed by atoms with van der Waals surface area (Å²) in [5.41, 5.74) is 3.12. The lowest BCUT2D eigenvalue weighted by Crippen LogP contribution is -2.02. The minimum absolute atomic E-state index is 0.775. The van der Waals surface area contributed by atoms with E-state index in [1.807, 2.05) is 44.3 Å². The summed E-state index contributed by atoms with van der Waals surface area (Å²) in [5, 5.41) is 9.57. The number of aromatic nitrogens is 1. The van der Waals surface area contributed by atoms with Crippen LogP contribution in [0.25, 0.3) is 0 Å². The number of thioether (sulfide) groups is 1. The lowest BCUT2D eigenvalue weighted by atomic mass is 10.1. The Hall–Kier alpha value is -1.88. The highest BCUT2D eigenvalue weighted by Crippen LogP contribution is 2.24. The summed E-state index contributed by atoms with van der Waals surface area (Å²) in [6.45, 7) is 3.91. The zero-order valence-electron chi connectivity index (χ0n) is 11.5. The van der Waals surface area contributed by atoms with E-state index in [1.54, 1.807) is 11.8 Å². The summed E-state index contributed by atoms with van der Waals surface area (Å²) in [5.74, 6) is 2.65. The third kappa shape index (κ3) is 2.82. The summed E-state index contributed by atoms with van der Waals surface area (Å²) in [7, 11) is 0. The van der Waals surface area contributed by atoms with Crippen molar-refractivity contribution < 1.29 is 4.42 Å². The van der Waals surface area contributed by atoms with Crippen LogP contribution in [0.2, 0.25) is 0 Å². The molecule has 0 bridgehead atoms. The second kappa shape index (κ2) is 5.63. The van der Waals surface area contributed by atoms with Crippen molar-refractivity contribution in [2.24, 2.45) is 10.2 Å². The zero-order valence-corrected chi connectivity index (χ0v) is 12.3. The number of rotatable bonds is 3. The second-order valence-corrected chi connectivity index (χ2v) is 5.70. The first kappa shape index (κ1) is 13.1. The van der Waals surface area contributed by atoms with Gasteiger partial charge in [-0.3, -0.25) is 4.98 Å². The highest BCUT2D eigenvalue weighted by molar-refractivity contribution is 8.13. The molecule has 4 nitrogen and oxygen atoms in total. The van der Waals surface area contributed by atoms with Crippen LogP contribution in [-0.2, 0) is 5.75 Å². The maximum absolute atomic E-state index is 5.54. The van der Waals surface area contributed by atoms with Crippen LogP contribution in [0.5, 0.6) is 0 Å². The van der Waals surface area contributed by atoms with Crippen LogP contribution in [0.3, 0.4) is 0 Å². The van der Waals surface area contributed by atoms with Crippen molar-refractivity contribution in [3.8, 4) is 0 Å². The van der Waals surface area contributed by atoms with Crippen LogP contribution >= 0.6 is 11.8 Å². The minimum atomic E-state index is 0.775. The molecule has 0 amide bonds. The Morgan fingerprint density at radius 1 is 1.25 bits per heavy atom. The third-order valence-electron chi connectivity index (χ3n) is 3.07. The molecule has 2 aromatic rings. The molecule has 1 aliphatic rings. The fourth-order valence-electron chi connectivity index (χ4n) is 2.12. The van der Waals surface area contributed by atoms with Crippen LogP contribution in [-0.4, -0.2) is 15.7 Å². The van der Waals surface area contributed by atoms with E-state index in [9.17, 15) is 0 Å². The van der Waals surface area contributed by atoms with Gasteiger partial charge in [-0.15, -0.1) is 16.9 Å². The smallest absolute Gasteiger partial charge is 0.110 e. The molecule has 0 unspecified atom stereocenters. The lowest BCUT2D eigenvalue weighted by Gasteiger charge is -2.00. The molecule has 0 saturated carbocycles. The first-order valence-electron chi connectivity index (χ1n) is 6.46. The molecule has 0 aromatic carbocycles. The van der Waals surface area contributed by atoms with Gasteiger partial charge in [0.15, 0.2) is 0 Å². The topological polar surface area (TPSA) is 50.8 Å². The van der Waals surface area contributed by atoms with E-state index in [2.05, 4.69) is 15.2 Å². The molecule has 0 N–H and O–H groups in total. The number of nitrogens with zero attached hydrogens (tertiary/aromatic N) is 3. The van der Waals surface area contributed by atoms with Gasteiger partial charge in [0.05, 0.1) is 11.4 Å². The number of furan rings is 1. The van der Waals surface area contributed by atoms with Gasteiger partial charge in [-0.25, -0.2) is 0 Å². The molecule has 2 aromatic heterocycles. The van der Waals surface area contributed by atoms with Gasteiger partial charge in [0.2, 0.25) is 0 Å². The largest absolute Gasteiger partial charge is 0.466 e. The molecule has 0 fully saturated rings. The van der Waals surface area contributed by atoms with E-state index in [4.69, 9.17) is 4.42 Å². The van der Waals surface area contributed by atoms with Crippen molar-refractivity contribution in [3.05, 3.63) is 53.2 Å². The van der Waals surface area contributed by atoms with E-state index >= 15 is 0 Å². The Morgan fingerprint density at radius 2 is 2.15 bits per heavy atom. The average molecular weight is 285 g/mol. The molecule has 20 heavy (non-hydrogen) atoms. The number of hydrogen-bond donors (Lipinski definition) is 0. The first-order chi connectivity index (χ1) is 9.72. The quantitative estimate of drug-likeness (QED) is 0.863. The first-order valence-corrected chi connectivity index (χ1v) is 7.44. The van der Waals surface area contributed by atoms with Crippen molar-refractivity contribution in [1.29, 1.82) is 0 Å². The Balaban J connectivity index is 1.60. The van der Waals surface area contributed by atoms with Crippen LogP contribution < -0.4 is 0 Å². The number of aryl methyl sites for hydroxylation is 2. The van der Waals surface area contributed by atoms with Crippen molar-refractivity contribution in [3.63, 3.8) is 0 Å². The molecule has 5 heteroatoms. The van der Waals surface area contributed by atoms with Gasteiger partial charge < -0.3 is 4.42 Å². The Kier molecular flexibility index (Phi) is 3.69. The van der Waals surface area contributed by atoms with E-state index in [0.29, 0.717) is 0 Å². The normalized spacial score (nSPS) is 14.3. The molecule has 0 aliphatic carbocycles. The van der Waals surface area contributed by atoms with Gasteiger partial charge in [0.25, 0.3) is 0 Å². The van der Waals surface area contributed by atoms with Crippen LogP contribution in [0.15, 0.2) is 45.1 Å². The second-order valence-electron chi connectivity index (χ2n) is 4.65. The predicted octanol–water partition coefficient (Wildman–Crippen LogP) is 3.73. The molecule has 0 atom stereocenters. The van der Waals surface area contributed by atoms with Crippen molar-refractivity contribution in [1.82, 2.24) is 4.98 Å². The lowest BCUT2D eigenvalue weighted by molar-refractivity contribution is 0.504. The standard InChI is InChI=1S/C15H15N3OS/c1-10-7-13(11(2)19-10)14-8-15(18-17-14)20-9-12-5-3-4-6-16-12/h3-7H,8-9H2,1-2H3. The summed E-state index contributed by atoms with van der Waals surface area (Å²) in [4.78, 5) is 4.31. The van der Waals surface area contributed by atoms with Gasteiger partial charge >= 0.3 is 0 Å². The Bertz CT molecular complexity index is 674. The summed E-state index contributed by atoms with van der Waals surface area (Å²) < 4.78 is 5.54. The van der Waals surface area contributed by atoms with Gasteiger partial charge in [-0.05, 0) is 32.0 Å². The highest BCUT2D eigenvalue weighted by Gasteiger charge is 2.19. The van der Waals surface area contributed by atoms with Gasteiger partial charge in [0, 0.05) is 23.9 Å². The monoisotopic (exact) mass is 285 g/mol. The molecule has 102 valence electrons. The average Bonchev–Trinajstić information content (AvgIpc) is 3.04. The third-order valence-corrected chi connectivity index (χ3v) is 4.06. The van der Waals surface area contributed by atoms with Crippen molar-refractivity contribution in [2.75, 3.05) is 0 Å². The Labute approximate surface area is 122 Å².